The van der Waals surface area contributed by atoms with Gasteiger partial charge in [-0.1, -0.05) is 37.3 Å². The van der Waals surface area contributed by atoms with Crippen LogP contribution >= 0.6 is 0 Å². The minimum absolute atomic E-state index is 0.647. The Bertz CT molecular complexity index is 300. The van der Waals surface area contributed by atoms with Crippen LogP contribution < -0.4 is 5.32 Å². The summed E-state index contributed by atoms with van der Waals surface area (Å²) in [6.07, 6.45) is 1.30. The van der Waals surface area contributed by atoms with E-state index in [1.807, 2.05) is 0 Å². The predicted molar refractivity (Wildman–Crippen MR) is 68.3 cm³/mol. The van der Waals surface area contributed by atoms with Crippen molar-refractivity contribution < 1.29 is 0 Å². The summed E-state index contributed by atoms with van der Waals surface area (Å²) < 4.78 is 0. The molecule has 0 aliphatic carbocycles. The molecule has 1 heterocycles. The Kier molecular flexibility index (Phi) is 3.97. The molecule has 1 N–H and O–H groups in total. The molecule has 1 fully saturated rings. The Morgan fingerprint density at radius 3 is 2.69 bits per heavy atom. The van der Waals surface area contributed by atoms with Crippen LogP contribution in [0, 0.1) is 5.92 Å². The van der Waals surface area contributed by atoms with Crippen molar-refractivity contribution in [3.63, 3.8) is 0 Å². The molecule has 1 aromatic rings. The van der Waals surface area contributed by atoms with Gasteiger partial charge in [0.05, 0.1) is 0 Å². The first-order valence-electron chi connectivity index (χ1n) is 6.20. The first kappa shape index (κ1) is 11.6. The molecule has 88 valence electrons. The van der Waals surface area contributed by atoms with Crippen LogP contribution in [0.2, 0.25) is 0 Å². The maximum Gasteiger partial charge on any atom is 0.0208 e. The third-order valence-electron chi connectivity index (χ3n) is 3.28. The fourth-order valence-corrected chi connectivity index (χ4v) is 2.62. The highest BCUT2D eigenvalue weighted by Crippen LogP contribution is 2.15. The van der Waals surface area contributed by atoms with E-state index in [9.17, 15) is 0 Å². The molecule has 1 aliphatic rings. The molecular weight excluding hydrogens is 196 g/mol. The lowest BCUT2D eigenvalue weighted by Gasteiger charge is -2.34. The fourth-order valence-electron chi connectivity index (χ4n) is 2.62. The molecule has 2 nitrogen and oxygen atoms in total. The van der Waals surface area contributed by atoms with Crippen LogP contribution in [-0.2, 0) is 6.54 Å². The molecule has 1 saturated heterocycles. The molecule has 0 radical (unpaired) electrons. The molecule has 2 heteroatoms. The number of hydrogen-bond donors (Lipinski definition) is 1. The van der Waals surface area contributed by atoms with E-state index < -0.39 is 0 Å². The molecule has 0 aromatic heterocycles. The van der Waals surface area contributed by atoms with Crippen LogP contribution in [0.25, 0.3) is 0 Å². The summed E-state index contributed by atoms with van der Waals surface area (Å²) in [4.78, 5) is 2.43. The molecule has 0 bridgehead atoms. The van der Waals surface area contributed by atoms with Gasteiger partial charge in [-0.05, 0) is 24.9 Å². The Labute approximate surface area is 98.7 Å². The van der Waals surface area contributed by atoms with E-state index in [2.05, 4.69) is 54.5 Å². The highest BCUT2D eigenvalue weighted by Gasteiger charge is 2.21. The lowest BCUT2D eigenvalue weighted by atomic mass is 9.96. The smallest absolute Gasteiger partial charge is 0.0208 e. The number of piperidine rings is 1. The van der Waals surface area contributed by atoms with E-state index in [1.54, 1.807) is 0 Å². The van der Waals surface area contributed by atoms with Crippen molar-refractivity contribution in [3.8, 4) is 0 Å². The Hall–Kier alpha value is -0.860. The number of likely N-dealkylation sites (tertiary alicyclic amines) is 1. The van der Waals surface area contributed by atoms with Crippen LogP contribution in [0.1, 0.15) is 18.9 Å². The van der Waals surface area contributed by atoms with Crippen molar-refractivity contribution >= 4 is 0 Å². The van der Waals surface area contributed by atoms with E-state index in [-0.39, 0.29) is 0 Å². The standard InChI is InChI=1S/C14H22N2/c1-12-8-14(11-16(2)10-12)15-9-13-6-4-3-5-7-13/h3-7,12,14-15H,8-11H2,1-2H3. The van der Waals surface area contributed by atoms with E-state index in [1.165, 1.54) is 25.1 Å². The molecule has 0 saturated carbocycles. The second-order valence-electron chi connectivity index (χ2n) is 5.13. The lowest BCUT2D eigenvalue weighted by Crippen LogP contribution is -2.46. The minimum atomic E-state index is 0.647. The maximum atomic E-state index is 3.66. The van der Waals surface area contributed by atoms with Gasteiger partial charge < -0.3 is 10.2 Å². The van der Waals surface area contributed by atoms with Crippen LogP contribution in [0.5, 0.6) is 0 Å². The zero-order valence-corrected chi connectivity index (χ0v) is 10.3. The van der Waals surface area contributed by atoms with Crippen molar-refractivity contribution in [1.29, 1.82) is 0 Å². The van der Waals surface area contributed by atoms with Crippen LogP contribution in [0.4, 0.5) is 0 Å². The van der Waals surface area contributed by atoms with Crippen molar-refractivity contribution in [2.24, 2.45) is 5.92 Å². The quantitative estimate of drug-likeness (QED) is 0.836. The average molecular weight is 218 g/mol. The second kappa shape index (κ2) is 5.46. The third kappa shape index (κ3) is 3.32. The van der Waals surface area contributed by atoms with E-state index in [0.717, 1.165) is 12.5 Å². The SMILES string of the molecule is CC1CC(NCc2ccccc2)CN(C)C1. The predicted octanol–water partition coefficient (Wildman–Crippen LogP) is 2.12. The third-order valence-corrected chi connectivity index (χ3v) is 3.28. The Morgan fingerprint density at radius 2 is 2.00 bits per heavy atom. The maximum absolute atomic E-state index is 3.66. The summed E-state index contributed by atoms with van der Waals surface area (Å²) in [6.45, 7) is 5.75. The Morgan fingerprint density at radius 1 is 1.25 bits per heavy atom. The van der Waals surface area contributed by atoms with Gasteiger partial charge in [0.1, 0.15) is 0 Å². The zero-order chi connectivity index (χ0) is 11.4. The zero-order valence-electron chi connectivity index (χ0n) is 10.3. The van der Waals surface area contributed by atoms with Crippen LogP contribution in [0.15, 0.2) is 30.3 Å². The molecule has 0 spiro atoms. The van der Waals surface area contributed by atoms with Gasteiger partial charge in [-0.3, -0.25) is 0 Å². The summed E-state index contributed by atoms with van der Waals surface area (Å²) in [5.74, 6) is 0.812. The van der Waals surface area contributed by atoms with Crippen LogP contribution in [-0.4, -0.2) is 31.1 Å². The molecular formula is C14H22N2. The van der Waals surface area contributed by atoms with E-state index in [0.29, 0.717) is 6.04 Å². The monoisotopic (exact) mass is 218 g/mol. The van der Waals surface area contributed by atoms with Gasteiger partial charge in [0, 0.05) is 25.7 Å². The largest absolute Gasteiger partial charge is 0.309 e. The molecule has 1 aromatic carbocycles. The number of hydrogen-bond acceptors (Lipinski definition) is 2. The average Bonchev–Trinajstić information content (AvgIpc) is 2.27. The van der Waals surface area contributed by atoms with Gasteiger partial charge in [0.25, 0.3) is 0 Å². The molecule has 2 atom stereocenters. The molecule has 1 aliphatic heterocycles. The van der Waals surface area contributed by atoms with Crippen molar-refractivity contribution in [3.05, 3.63) is 35.9 Å². The molecule has 16 heavy (non-hydrogen) atoms. The second-order valence-corrected chi connectivity index (χ2v) is 5.13. The Balaban J connectivity index is 1.81. The number of likely N-dealkylation sites (N-methyl/N-ethyl adjacent to an activating group) is 1. The van der Waals surface area contributed by atoms with E-state index in [4.69, 9.17) is 0 Å². The van der Waals surface area contributed by atoms with E-state index >= 15 is 0 Å². The van der Waals surface area contributed by atoms with Crippen molar-refractivity contribution in [1.82, 2.24) is 10.2 Å². The molecule has 0 amide bonds. The summed E-state index contributed by atoms with van der Waals surface area (Å²) >= 11 is 0. The highest BCUT2D eigenvalue weighted by molar-refractivity contribution is 5.14. The van der Waals surface area contributed by atoms with Gasteiger partial charge in [0.15, 0.2) is 0 Å². The number of rotatable bonds is 3. The van der Waals surface area contributed by atoms with Gasteiger partial charge in [0.2, 0.25) is 0 Å². The topological polar surface area (TPSA) is 15.3 Å². The summed E-state index contributed by atoms with van der Waals surface area (Å²) in [6, 6.07) is 11.3. The highest BCUT2D eigenvalue weighted by atomic mass is 15.1. The number of nitrogens with one attached hydrogen (secondary N) is 1. The number of benzene rings is 1. The van der Waals surface area contributed by atoms with Gasteiger partial charge >= 0.3 is 0 Å². The van der Waals surface area contributed by atoms with Gasteiger partial charge in [-0.2, -0.15) is 0 Å². The molecule has 2 rings (SSSR count). The summed E-state index contributed by atoms with van der Waals surface area (Å²) in [5.41, 5.74) is 1.38. The summed E-state index contributed by atoms with van der Waals surface area (Å²) in [7, 11) is 2.22. The minimum Gasteiger partial charge on any atom is -0.309 e. The van der Waals surface area contributed by atoms with Gasteiger partial charge in [-0.25, -0.2) is 0 Å². The number of nitrogens with zero attached hydrogens (tertiary/aromatic N) is 1. The fraction of sp³-hybridized carbons (Fsp3) is 0.571. The molecule has 2 unspecified atom stereocenters. The first-order chi connectivity index (χ1) is 7.74. The van der Waals surface area contributed by atoms with Gasteiger partial charge in [-0.15, -0.1) is 0 Å². The summed E-state index contributed by atoms with van der Waals surface area (Å²) in [5, 5.41) is 3.66. The lowest BCUT2D eigenvalue weighted by molar-refractivity contribution is 0.178. The van der Waals surface area contributed by atoms with Crippen molar-refractivity contribution in [2.75, 3.05) is 20.1 Å². The first-order valence-corrected chi connectivity index (χ1v) is 6.20. The van der Waals surface area contributed by atoms with Crippen LogP contribution in [0.3, 0.4) is 0 Å². The normalized spacial score (nSPS) is 26.9. The van der Waals surface area contributed by atoms with Crippen molar-refractivity contribution in [2.45, 2.75) is 25.9 Å².